The van der Waals surface area contributed by atoms with Gasteiger partial charge in [0, 0.05) is 29.3 Å². The third kappa shape index (κ3) is 6.12. The van der Waals surface area contributed by atoms with Crippen molar-refractivity contribution >= 4 is 35.2 Å². The van der Waals surface area contributed by atoms with Crippen molar-refractivity contribution in [2.45, 2.75) is 30.6 Å². The van der Waals surface area contributed by atoms with E-state index in [-0.39, 0.29) is 37.7 Å². The van der Waals surface area contributed by atoms with Gasteiger partial charge >= 0.3 is 0 Å². The Morgan fingerprint density at radius 2 is 1.93 bits per heavy atom. The lowest BCUT2D eigenvalue weighted by atomic mass is 10.1. The Labute approximate surface area is 174 Å². The van der Waals surface area contributed by atoms with Crippen LogP contribution < -0.4 is 5.32 Å². The molecule has 1 heterocycles. The van der Waals surface area contributed by atoms with Crippen molar-refractivity contribution in [3.63, 3.8) is 0 Å². The summed E-state index contributed by atoms with van der Waals surface area (Å²) in [5.41, 5.74) is 2.03. The van der Waals surface area contributed by atoms with Crippen molar-refractivity contribution in [3.05, 3.63) is 71.9 Å². The monoisotopic (exact) mass is 410 g/mol. The summed E-state index contributed by atoms with van der Waals surface area (Å²) in [6, 6.07) is 16.7. The van der Waals surface area contributed by atoms with E-state index in [0.29, 0.717) is 11.1 Å². The number of nitrogens with zero attached hydrogens (tertiary/aromatic N) is 1. The molecule has 0 aliphatic heterocycles. The quantitative estimate of drug-likeness (QED) is 0.373. The van der Waals surface area contributed by atoms with Gasteiger partial charge in [-0.1, -0.05) is 42.5 Å². The number of nitrogens with one attached hydrogen (secondary N) is 1. The zero-order chi connectivity index (χ0) is 20.6. The van der Waals surface area contributed by atoms with E-state index in [1.165, 1.54) is 6.20 Å². The molecule has 0 radical (unpaired) electrons. The molecule has 6 nitrogen and oxygen atoms in total. The number of carbonyl (C=O) groups is 2. The summed E-state index contributed by atoms with van der Waals surface area (Å²) in [7, 11) is 0. The number of Topliss-reactive ketones (excluding diaryl/α,β-unsaturated/α-hetero) is 1. The van der Waals surface area contributed by atoms with Crippen LogP contribution in [0.15, 0.2) is 65.7 Å². The molecular formula is C22H22N2O4S. The highest BCUT2D eigenvalue weighted by Gasteiger charge is 2.12. The zero-order valence-electron chi connectivity index (χ0n) is 15.7. The van der Waals surface area contributed by atoms with Crippen molar-refractivity contribution in [2.24, 2.45) is 0 Å². The molecule has 0 bridgehead atoms. The average molecular weight is 410 g/mol. The van der Waals surface area contributed by atoms with Crippen molar-refractivity contribution < 1.29 is 19.4 Å². The normalized spacial score (nSPS) is 11.9. The van der Waals surface area contributed by atoms with Gasteiger partial charge in [0.05, 0.1) is 24.2 Å². The smallest absolute Gasteiger partial charge is 0.253 e. The van der Waals surface area contributed by atoms with Crippen molar-refractivity contribution in [3.8, 4) is 0 Å². The van der Waals surface area contributed by atoms with Crippen LogP contribution in [-0.4, -0.2) is 34.6 Å². The molecule has 29 heavy (non-hydrogen) atoms. The van der Waals surface area contributed by atoms with E-state index in [1.807, 2.05) is 48.5 Å². The van der Waals surface area contributed by atoms with E-state index < -0.39 is 6.29 Å². The highest BCUT2D eigenvalue weighted by atomic mass is 32.1. The summed E-state index contributed by atoms with van der Waals surface area (Å²) in [4.78, 5) is 29.3. The van der Waals surface area contributed by atoms with E-state index in [4.69, 9.17) is 4.74 Å². The fraction of sp³-hybridized carbons (Fsp3) is 0.227. The van der Waals surface area contributed by atoms with E-state index in [0.717, 1.165) is 15.8 Å². The second-order valence-electron chi connectivity index (χ2n) is 6.58. The fourth-order valence-corrected chi connectivity index (χ4v) is 3.05. The largest absolute Gasteiger partial charge is 0.368 e. The fourth-order valence-electron chi connectivity index (χ4n) is 2.77. The first kappa shape index (κ1) is 21.0. The number of ketones is 1. The Morgan fingerprint density at radius 1 is 1.14 bits per heavy atom. The lowest BCUT2D eigenvalue weighted by Gasteiger charge is -2.12. The molecule has 1 atom stereocenters. The van der Waals surface area contributed by atoms with Gasteiger partial charge in [-0.3, -0.25) is 14.6 Å². The number of aliphatic hydroxyl groups is 1. The number of hydrogen-bond acceptors (Lipinski definition) is 6. The molecule has 150 valence electrons. The molecule has 1 unspecified atom stereocenters. The predicted octanol–water partition coefficient (Wildman–Crippen LogP) is 3.14. The van der Waals surface area contributed by atoms with Crippen LogP contribution in [0, 0.1) is 0 Å². The molecule has 0 saturated carbocycles. The molecule has 2 aromatic carbocycles. The highest BCUT2D eigenvalue weighted by Crippen LogP contribution is 2.20. The molecule has 3 aromatic rings. The Kier molecular flexibility index (Phi) is 7.35. The number of aromatic nitrogens is 1. The van der Waals surface area contributed by atoms with Gasteiger partial charge in [0.25, 0.3) is 5.91 Å². The number of ether oxygens (including phenoxy) is 1. The van der Waals surface area contributed by atoms with Crippen molar-refractivity contribution in [1.82, 2.24) is 10.3 Å². The number of hydrogen-bond donors (Lipinski definition) is 3. The van der Waals surface area contributed by atoms with Gasteiger partial charge in [-0.25, -0.2) is 0 Å². The molecule has 0 spiro atoms. The van der Waals surface area contributed by atoms with Crippen LogP contribution in [-0.2, 0) is 16.1 Å². The van der Waals surface area contributed by atoms with Crippen LogP contribution in [0.5, 0.6) is 0 Å². The van der Waals surface area contributed by atoms with Gasteiger partial charge in [0.1, 0.15) is 0 Å². The molecule has 7 heteroatoms. The number of thiol groups is 1. The lowest BCUT2D eigenvalue weighted by molar-refractivity contribution is -0.128. The van der Waals surface area contributed by atoms with E-state index in [1.54, 1.807) is 6.07 Å². The Balaban J connectivity index is 1.42. The summed E-state index contributed by atoms with van der Waals surface area (Å²) in [6.45, 7) is 0.158. The first-order chi connectivity index (χ1) is 14.0. The molecule has 3 rings (SSSR count). The number of amides is 1. The van der Waals surface area contributed by atoms with Gasteiger partial charge in [-0.2, -0.15) is 0 Å². The van der Waals surface area contributed by atoms with Crippen LogP contribution in [0.4, 0.5) is 0 Å². The molecule has 1 aromatic heterocycles. The molecular weight excluding hydrogens is 388 g/mol. The van der Waals surface area contributed by atoms with E-state index in [9.17, 15) is 14.7 Å². The molecule has 0 saturated heterocycles. The van der Waals surface area contributed by atoms with E-state index >= 15 is 0 Å². The van der Waals surface area contributed by atoms with Crippen LogP contribution in [0.2, 0.25) is 0 Å². The summed E-state index contributed by atoms with van der Waals surface area (Å²) in [5.74, 6) is -0.565. The van der Waals surface area contributed by atoms with Crippen LogP contribution in [0.25, 0.3) is 10.9 Å². The Hall–Kier alpha value is -2.74. The second-order valence-corrected chi connectivity index (χ2v) is 7.07. The number of rotatable bonds is 9. The first-order valence-electron chi connectivity index (χ1n) is 9.24. The minimum atomic E-state index is -1.03. The number of benzene rings is 2. The topological polar surface area (TPSA) is 88.5 Å². The molecule has 1 amide bonds. The zero-order valence-corrected chi connectivity index (χ0v) is 16.6. The summed E-state index contributed by atoms with van der Waals surface area (Å²) in [6.07, 6.45) is 0.706. The third-order valence-corrected chi connectivity index (χ3v) is 4.71. The first-order valence-corrected chi connectivity index (χ1v) is 9.69. The number of pyridine rings is 1. The van der Waals surface area contributed by atoms with Gasteiger partial charge in [-0.15, -0.1) is 12.6 Å². The van der Waals surface area contributed by atoms with E-state index in [2.05, 4.69) is 22.9 Å². The third-order valence-electron chi connectivity index (χ3n) is 4.35. The van der Waals surface area contributed by atoms with Crippen LogP contribution in [0.3, 0.4) is 0 Å². The number of aliphatic hydroxyl groups excluding tert-OH is 1. The number of carbonyl (C=O) groups excluding carboxylic acids is 2. The lowest BCUT2D eigenvalue weighted by Crippen LogP contribution is -2.30. The maximum Gasteiger partial charge on any atom is 0.253 e. The maximum atomic E-state index is 12.3. The summed E-state index contributed by atoms with van der Waals surface area (Å²) < 4.78 is 5.33. The van der Waals surface area contributed by atoms with Gasteiger partial charge in [0.2, 0.25) is 0 Å². The van der Waals surface area contributed by atoms with Gasteiger partial charge in [-0.05, 0) is 17.7 Å². The molecule has 0 aliphatic rings. The summed E-state index contributed by atoms with van der Waals surface area (Å²) >= 11 is 4.34. The van der Waals surface area contributed by atoms with Crippen LogP contribution >= 0.6 is 12.6 Å². The minimum absolute atomic E-state index is 0.106. The SMILES string of the molecule is O=C(CCC(O)OCc1ccccc1)CNC(=O)c1cnc2c(S)cccc2c1. The van der Waals surface area contributed by atoms with Gasteiger partial charge in [0.15, 0.2) is 12.1 Å². The minimum Gasteiger partial charge on any atom is -0.368 e. The standard InChI is InChI=1S/C22H22N2O4S/c25-18(9-10-20(26)28-14-15-5-2-1-3-6-15)13-24-22(27)17-11-16-7-4-8-19(29)21(16)23-12-17/h1-8,11-12,20,26,29H,9-10,13-14H2,(H,24,27). The van der Waals surface area contributed by atoms with Crippen molar-refractivity contribution in [1.29, 1.82) is 0 Å². The van der Waals surface area contributed by atoms with Crippen LogP contribution in [0.1, 0.15) is 28.8 Å². The van der Waals surface area contributed by atoms with Crippen molar-refractivity contribution in [2.75, 3.05) is 6.54 Å². The number of fused-ring (bicyclic) bond motifs is 1. The average Bonchev–Trinajstić information content (AvgIpc) is 2.75. The Morgan fingerprint density at radius 3 is 2.72 bits per heavy atom. The predicted molar refractivity (Wildman–Crippen MR) is 113 cm³/mol. The second kappa shape index (κ2) is 10.2. The highest BCUT2D eigenvalue weighted by molar-refractivity contribution is 7.80. The number of para-hydroxylation sites is 1. The molecule has 0 fully saturated rings. The molecule has 0 aliphatic carbocycles. The van der Waals surface area contributed by atoms with Gasteiger partial charge < -0.3 is 15.2 Å². The maximum absolute atomic E-state index is 12.3. The summed E-state index contributed by atoms with van der Waals surface area (Å²) in [5, 5.41) is 13.3. The molecule has 2 N–H and O–H groups in total. The Bertz CT molecular complexity index is 995.